The molecule has 2 radical (unpaired) electrons. The third kappa shape index (κ3) is 1.12. The summed E-state index contributed by atoms with van der Waals surface area (Å²) in [6.07, 6.45) is 0. The average Bonchev–Trinajstić information content (AvgIpc) is 1.87. The largest absolute Gasteiger partial charge is 0.232 e. The highest BCUT2D eigenvalue weighted by molar-refractivity contribution is 4.68. The molecule has 1 saturated heterocycles. The van der Waals surface area contributed by atoms with Gasteiger partial charge in [0.05, 0.1) is 6.54 Å². The number of hydrogen-bond donors (Lipinski definition) is 1. The third-order valence-electron chi connectivity index (χ3n) is 0.866. The van der Waals surface area contributed by atoms with E-state index in [-0.39, 0.29) is 0 Å². The first-order valence-corrected chi connectivity index (χ1v) is 2.24. The Bertz CT molecular complexity index is 56.0. The van der Waals surface area contributed by atoms with Crippen LogP contribution < -0.4 is 5.53 Å². The lowest BCUT2D eigenvalue weighted by molar-refractivity contribution is 0.181. The van der Waals surface area contributed by atoms with Crippen molar-refractivity contribution < 1.29 is 0 Å². The van der Waals surface area contributed by atoms with Crippen LogP contribution in [0.1, 0.15) is 0 Å². The van der Waals surface area contributed by atoms with Gasteiger partial charge in [-0.2, -0.15) is 5.53 Å². The lowest BCUT2D eigenvalue weighted by Gasteiger charge is -2.08. The molecule has 0 atom stereocenters. The van der Waals surface area contributed by atoms with Gasteiger partial charge in [0.2, 0.25) is 0 Å². The van der Waals surface area contributed by atoms with Crippen molar-refractivity contribution in [3.8, 4) is 0 Å². The maximum atomic E-state index is 3.02. The van der Waals surface area contributed by atoms with Crippen LogP contribution in [0.15, 0.2) is 0 Å². The Morgan fingerprint density at radius 2 is 2.29 bits per heavy atom. The van der Waals surface area contributed by atoms with Gasteiger partial charge in [0, 0.05) is 20.6 Å². The monoisotopic (exact) mass is 99.1 g/mol. The predicted octanol–water partition coefficient (Wildman–Crippen LogP) is -0.678. The molecule has 40 valence electrons. The van der Waals surface area contributed by atoms with Crippen LogP contribution in [0.4, 0.5) is 0 Å². The fourth-order valence-corrected chi connectivity index (χ4v) is 0.539. The molecule has 0 amide bonds. The molecule has 0 aromatic heterocycles. The van der Waals surface area contributed by atoms with Crippen molar-refractivity contribution >= 4 is 0 Å². The molecule has 0 aliphatic carbocycles. The molecule has 1 fully saturated rings. The molecule has 0 bridgehead atoms. The van der Waals surface area contributed by atoms with Crippen molar-refractivity contribution in [3.63, 3.8) is 0 Å². The highest BCUT2D eigenvalue weighted by Crippen LogP contribution is 1.93. The van der Waals surface area contributed by atoms with Crippen LogP contribution in [0.2, 0.25) is 0 Å². The molecular weight excluding hydrogens is 90.1 g/mol. The SMILES string of the molecule is CN1[C]CN(C)N1. The van der Waals surface area contributed by atoms with E-state index in [1.54, 1.807) is 5.01 Å². The van der Waals surface area contributed by atoms with E-state index in [0.717, 1.165) is 6.54 Å². The number of nitrogens with one attached hydrogen (secondary N) is 1. The second-order valence-electron chi connectivity index (χ2n) is 1.67. The van der Waals surface area contributed by atoms with Crippen LogP contribution in [0.5, 0.6) is 0 Å². The van der Waals surface area contributed by atoms with Crippen LogP contribution in [-0.4, -0.2) is 30.7 Å². The Kier molecular flexibility index (Phi) is 1.27. The Morgan fingerprint density at radius 3 is 2.43 bits per heavy atom. The fourth-order valence-electron chi connectivity index (χ4n) is 0.539. The van der Waals surface area contributed by atoms with Gasteiger partial charge in [-0.25, -0.2) is 10.0 Å². The van der Waals surface area contributed by atoms with Crippen molar-refractivity contribution in [3.05, 3.63) is 6.54 Å². The lowest BCUT2D eigenvalue weighted by Crippen LogP contribution is -2.33. The molecule has 0 unspecified atom stereocenters. The van der Waals surface area contributed by atoms with Gasteiger partial charge in [-0.05, 0) is 0 Å². The molecule has 0 spiro atoms. The minimum Gasteiger partial charge on any atom is -0.232 e. The first-order chi connectivity index (χ1) is 3.29. The van der Waals surface area contributed by atoms with Gasteiger partial charge in [0.1, 0.15) is 0 Å². The van der Waals surface area contributed by atoms with E-state index in [9.17, 15) is 0 Å². The number of likely N-dealkylation sites (N-methyl/N-ethyl adjacent to an activating group) is 2. The molecule has 0 aromatic rings. The molecular formula is C4H9N3. The normalized spacial score (nSPS) is 26.6. The molecule has 1 aliphatic rings. The van der Waals surface area contributed by atoms with E-state index in [4.69, 9.17) is 0 Å². The number of nitrogens with zero attached hydrogens (tertiary/aromatic N) is 2. The van der Waals surface area contributed by atoms with E-state index >= 15 is 0 Å². The van der Waals surface area contributed by atoms with Gasteiger partial charge >= 0.3 is 0 Å². The van der Waals surface area contributed by atoms with E-state index in [1.807, 2.05) is 19.1 Å². The summed E-state index contributed by atoms with van der Waals surface area (Å²) in [4.78, 5) is 0. The van der Waals surface area contributed by atoms with Crippen LogP contribution in [0, 0.1) is 6.54 Å². The molecule has 1 rings (SSSR count). The number of hydrogen-bond acceptors (Lipinski definition) is 3. The highest BCUT2D eigenvalue weighted by Gasteiger charge is 2.10. The molecule has 0 saturated carbocycles. The summed E-state index contributed by atoms with van der Waals surface area (Å²) in [5.74, 6) is 0. The Balaban J connectivity index is 2.26. The smallest absolute Gasteiger partial charge is 0.0964 e. The zero-order valence-electron chi connectivity index (χ0n) is 4.60. The van der Waals surface area contributed by atoms with Gasteiger partial charge in [-0.1, -0.05) is 0 Å². The van der Waals surface area contributed by atoms with E-state index < -0.39 is 0 Å². The van der Waals surface area contributed by atoms with Gasteiger partial charge < -0.3 is 0 Å². The Hall–Kier alpha value is -0.120. The van der Waals surface area contributed by atoms with Crippen LogP contribution in [0.3, 0.4) is 0 Å². The summed E-state index contributed by atoms with van der Waals surface area (Å²) in [5, 5.41) is 3.75. The quantitative estimate of drug-likeness (QED) is 0.434. The molecule has 3 heteroatoms. The summed E-state index contributed by atoms with van der Waals surface area (Å²) >= 11 is 0. The summed E-state index contributed by atoms with van der Waals surface area (Å²) in [6, 6.07) is 0. The molecule has 3 nitrogen and oxygen atoms in total. The molecule has 1 N–H and O–H groups in total. The van der Waals surface area contributed by atoms with E-state index in [0.29, 0.717) is 0 Å². The Labute approximate surface area is 43.8 Å². The van der Waals surface area contributed by atoms with Crippen LogP contribution in [0.25, 0.3) is 0 Å². The first-order valence-electron chi connectivity index (χ1n) is 2.24. The standard InChI is InChI=1S/C4H9N3/c1-6-3-4-7(2)5-6/h5H,3H2,1-2H3. The Morgan fingerprint density at radius 1 is 1.57 bits per heavy atom. The van der Waals surface area contributed by atoms with Gasteiger partial charge in [0.25, 0.3) is 0 Å². The molecule has 7 heavy (non-hydrogen) atoms. The van der Waals surface area contributed by atoms with Crippen LogP contribution in [-0.2, 0) is 0 Å². The molecule has 1 heterocycles. The van der Waals surface area contributed by atoms with Crippen molar-refractivity contribution in [2.75, 3.05) is 20.6 Å². The van der Waals surface area contributed by atoms with Crippen molar-refractivity contribution in [2.45, 2.75) is 0 Å². The summed E-state index contributed by atoms with van der Waals surface area (Å²) < 4.78 is 0. The zero-order valence-corrected chi connectivity index (χ0v) is 4.60. The first kappa shape index (κ1) is 5.03. The van der Waals surface area contributed by atoms with Crippen molar-refractivity contribution in [2.24, 2.45) is 0 Å². The molecule has 0 aromatic carbocycles. The maximum absolute atomic E-state index is 3.02. The highest BCUT2D eigenvalue weighted by atomic mass is 15.8. The van der Waals surface area contributed by atoms with Crippen LogP contribution >= 0.6 is 0 Å². The van der Waals surface area contributed by atoms with Crippen molar-refractivity contribution in [1.82, 2.24) is 15.6 Å². The lowest BCUT2D eigenvalue weighted by atomic mass is 10.6. The maximum Gasteiger partial charge on any atom is 0.0964 e. The van der Waals surface area contributed by atoms with Crippen molar-refractivity contribution in [1.29, 1.82) is 0 Å². The van der Waals surface area contributed by atoms with Gasteiger partial charge in [-0.3, -0.25) is 0 Å². The van der Waals surface area contributed by atoms with E-state index in [2.05, 4.69) is 12.1 Å². The second kappa shape index (κ2) is 1.78. The second-order valence-corrected chi connectivity index (χ2v) is 1.67. The van der Waals surface area contributed by atoms with E-state index in [1.165, 1.54) is 0 Å². The zero-order chi connectivity index (χ0) is 5.28. The van der Waals surface area contributed by atoms with Gasteiger partial charge in [-0.15, -0.1) is 0 Å². The van der Waals surface area contributed by atoms with Gasteiger partial charge in [0.15, 0.2) is 0 Å². The topological polar surface area (TPSA) is 18.5 Å². The molecule has 1 aliphatic heterocycles. The summed E-state index contributed by atoms with van der Waals surface area (Å²) in [6.45, 7) is 3.89. The fraction of sp³-hybridized carbons (Fsp3) is 0.750. The summed E-state index contributed by atoms with van der Waals surface area (Å²) in [5.41, 5.74) is 2.97. The number of hydrazine groups is 2. The third-order valence-corrected chi connectivity index (χ3v) is 0.866. The summed E-state index contributed by atoms with van der Waals surface area (Å²) in [7, 11) is 3.89. The number of rotatable bonds is 0. The predicted molar refractivity (Wildman–Crippen MR) is 26.8 cm³/mol. The minimum atomic E-state index is 0.872. The average molecular weight is 99.1 g/mol. The minimum absolute atomic E-state index is 0.872.